The zero-order chi connectivity index (χ0) is 12.3. The summed E-state index contributed by atoms with van der Waals surface area (Å²) in [5.41, 5.74) is 2.59. The molecule has 1 fully saturated rings. The van der Waals surface area contributed by atoms with E-state index in [2.05, 4.69) is 29.3 Å². The van der Waals surface area contributed by atoms with Crippen LogP contribution in [-0.4, -0.2) is 18.1 Å². The lowest BCUT2D eigenvalue weighted by molar-refractivity contribution is 0.340. The second kappa shape index (κ2) is 5.36. The fraction of sp³-hybridized carbons (Fsp3) is 0.615. The Balaban J connectivity index is 2.05. The van der Waals surface area contributed by atoms with Gasteiger partial charge in [0.2, 0.25) is 0 Å². The summed E-state index contributed by atoms with van der Waals surface area (Å²) in [5.74, 6) is 7.98. The van der Waals surface area contributed by atoms with E-state index in [1.54, 1.807) is 0 Å². The van der Waals surface area contributed by atoms with E-state index in [1.807, 2.05) is 18.2 Å². The lowest BCUT2D eigenvalue weighted by Gasteiger charge is -2.34. The lowest BCUT2D eigenvalue weighted by Crippen LogP contribution is -2.35. The van der Waals surface area contributed by atoms with Gasteiger partial charge in [0.1, 0.15) is 11.6 Å². The number of nitrogens with one attached hydrogen (secondary N) is 1. The molecule has 94 valence electrons. The number of aromatic nitrogens is 1. The van der Waals surface area contributed by atoms with Gasteiger partial charge in [-0.25, -0.2) is 10.8 Å². The molecule has 1 aliphatic carbocycles. The van der Waals surface area contributed by atoms with E-state index < -0.39 is 0 Å². The highest BCUT2D eigenvalue weighted by molar-refractivity contribution is 5.46. The van der Waals surface area contributed by atoms with Crippen molar-refractivity contribution in [3.8, 4) is 0 Å². The van der Waals surface area contributed by atoms with Crippen LogP contribution in [-0.2, 0) is 0 Å². The Morgan fingerprint density at radius 1 is 1.29 bits per heavy atom. The third kappa shape index (κ3) is 2.88. The molecule has 1 heterocycles. The summed E-state index contributed by atoms with van der Waals surface area (Å²) in [4.78, 5) is 6.76. The van der Waals surface area contributed by atoms with E-state index in [4.69, 9.17) is 5.84 Å². The number of nitrogen functional groups attached to an aromatic ring is 1. The molecule has 0 radical (unpaired) electrons. The monoisotopic (exact) mass is 234 g/mol. The Bertz CT molecular complexity index is 358. The highest BCUT2D eigenvalue weighted by Crippen LogP contribution is 2.28. The van der Waals surface area contributed by atoms with E-state index in [-0.39, 0.29) is 0 Å². The zero-order valence-corrected chi connectivity index (χ0v) is 10.7. The Hall–Kier alpha value is -1.29. The predicted octanol–water partition coefficient (Wildman–Crippen LogP) is 2.38. The van der Waals surface area contributed by atoms with Gasteiger partial charge in [0.15, 0.2) is 0 Å². The van der Waals surface area contributed by atoms with Crippen LogP contribution in [0.1, 0.15) is 32.6 Å². The molecule has 0 amide bonds. The van der Waals surface area contributed by atoms with Gasteiger partial charge in [-0.1, -0.05) is 13.0 Å². The lowest BCUT2D eigenvalue weighted by atomic mass is 9.87. The first kappa shape index (κ1) is 12.2. The molecule has 1 saturated carbocycles. The Labute approximate surface area is 103 Å². The smallest absolute Gasteiger partial charge is 0.142 e. The number of anilines is 2. The molecule has 0 bridgehead atoms. The van der Waals surface area contributed by atoms with Crippen molar-refractivity contribution in [2.45, 2.75) is 38.6 Å². The number of hydrazine groups is 1. The van der Waals surface area contributed by atoms with E-state index in [0.29, 0.717) is 6.04 Å². The van der Waals surface area contributed by atoms with Crippen molar-refractivity contribution < 1.29 is 0 Å². The summed E-state index contributed by atoms with van der Waals surface area (Å²) in [6.07, 6.45) is 5.17. The van der Waals surface area contributed by atoms with E-state index in [1.165, 1.54) is 25.7 Å². The Kier molecular flexibility index (Phi) is 3.84. The number of hydrogen-bond acceptors (Lipinski definition) is 4. The van der Waals surface area contributed by atoms with Crippen LogP contribution in [0.4, 0.5) is 11.6 Å². The van der Waals surface area contributed by atoms with Crippen molar-refractivity contribution in [2.75, 3.05) is 17.4 Å². The minimum absolute atomic E-state index is 0.617. The maximum atomic E-state index is 5.38. The molecule has 0 aliphatic heterocycles. The van der Waals surface area contributed by atoms with Crippen LogP contribution >= 0.6 is 0 Å². The molecule has 0 aromatic carbocycles. The molecule has 17 heavy (non-hydrogen) atoms. The molecular formula is C13H22N4. The first-order valence-electron chi connectivity index (χ1n) is 6.37. The standard InChI is InChI=1S/C13H22N4/c1-10-6-8-11(9-7-10)17(2)13-5-3-4-12(15-13)16-14/h3-5,10-11H,6-9,14H2,1-2H3,(H,15,16). The van der Waals surface area contributed by atoms with Gasteiger partial charge in [0.05, 0.1) is 0 Å². The maximum Gasteiger partial charge on any atom is 0.142 e. The summed E-state index contributed by atoms with van der Waals surface area (Å²) in [7, 11) is 2.13. The Morgan fingerprint density at radius 3 is 2.65 bits per heavy atom. The van der Waals surface area contributed by atoms with Crippen LogP contribution in [0.3, 0.4) is 0 Å². The van der Waals surface area contributed by atoms with Gasteiger partial charge in [-0.3, -0.25) is 0 Å². The number of pyridine rings is 1. The van der Waals surface area contributed by atoms with Crippen molar-refractivity contribution in [2.24, 2.45) is 11.8 Å². The largest absolute Gasteiger partial charge is 0.357 e. The molecule has 0 atom stereocenters. The summed E-state index contributed by atoms with van der Waals surface area (Å²) in [6, 6.07) is 6.52. The van der Waals surface area contributed by atoms with Gasteiger partial charge >= 0.3 is 0 Å². The van der Waals surface area contributed by atoms with Crippen LogP contribution in [0.2, 0.25) is 0 Å². The average Bonchev–Trinajstić information content (AvgIpc) is 2.39. The third-order valence-electron chi connectivity index (χ3n) is 3.78. The van der Waals surface area contributed by atoms with Gasteiger partial charge in [0.25, 0.3) is 0 Å². The maximum absolute atomic E-state index is 5.38. The van der Waals surface area contributed by atoms with E-state index in [9.17, 15) is 0 Å². The van der Waals surface area contributed by atoms with Crippen molar-refractivity contribution in [1.29, 1.82) is 0 Å². The molecule has 4 heteroatoms. The summed E-state index contributed by atoms with van der Waals surface area (Å²) < 4.78 is 0. The fourth-order valence-corrected chi connectivity index (χ4v) is 2.52. The van der Waals surface area contributed by atoms with Crippen LogP contribution in [0, 0.1) is 5.92 Å². The van der Waals surface area contributed by atoms with Crippen LogP contribution in [0.25, 0.3) is 0 Å². The molecule has 1 aromatic heterocycles. The highest BCUT2D eigenvalue weighted by Gasteiger charge is 2.22. The number of hydrogen-bond donors (Lipinski definition) is 2. The SMILES string of the molecule is CC1CCC(N(C)c2cccc(NN)n2)CC1. The first-order chi connectivity index (χ1) is 8.20. The molecule has 3 N–H and O–H groups in total. The van der Waals surface area contributed by atoms with E-state index >= 15 is 0 Å². The van der Waals surface area contributed by atoms with Gasteiger partial charge in [-0.2, -0.15) is 0 Å². The minimum Gasteiger partial charge on any atom is -0.357 e. The summed E-state index contributed by atoms with van der Waals surface area (Å²) >= 11 is 0. The minimum atomic E-state index is 0.617. The van der Waals surface area contributed by atoms with Crippen molar-refractivity contribution in [1.82, 2.24) is 4.98 Å². The van der Waals surface area contributed by atoms with E-state index in [0.717, 1.165) is 17.6 Å². The number of rotatable bonds is 3. The van der Waals surface area contributed by atoms with Crippen LogP contribution in [0.15, 0.2) is 18.2 Å². The number of nitrogens with two attached hydrogens (primary N) is 1. The second-order valence-electron chi connectivity index (χ2n) is 5.05. The van der Waals surface area contributed by atoms with Gasteiger partial charge in [-0.05, 0) is 43.7 Å². The number of nitrogens with zero attached hydrogens (tertiary/aromatic N) is 2. The Morgan fingerprint density at radius 2 is 2.00 bits per heavy atom. The molecule has 0 spiro atoms. The highest BCUT2D eigenvalue weighted by atomic mass is 15.3. The second-order valence-corrected chi connectivity index (χ2v) is 5.05. The average molecular weight is 234 g/mol. The molecule has 0 unspecified atom stereocenters. The third-order valence-corrected chi connectivity index (χ3v) is 3.78. The molecule has 1 aliphatic rings. The van der Waals surface area contributed by atoms with Gasteiger partial charge in [-0.15, -0.1) is 0 Å². The van der Waals surface area contributed by atoms with Gasteiger partial charge < -0.3 is 10.3 Å². The fourth-order valence-electron chi connectivity index (χ4n) is 2.52. The summed E-state index contributed by atoms with van der Waals surface area (Å²) in [5, 5.41) is 0. The topological polar surface area (TPSA) is 54.2 Å². The quantitative estimate of drug-likeness (QED) is 0.623. The molecule has 0 saturated heterocycles. The molecule has 2 rings (SSSR count). The zero-order valence-electron chi connectivity index (χ0n) is 10.7. The normalized spacial score (nSPS) is 24.4. The van der Waals surface area contributed by atoms with Crippen molar-refractivity contribution >= 4 is 11.6 Å². The first-order valence-corrected chi connectivity index (χ1v) is 6.37. The summed E-state index contributed by atoms with van der Waals surface area (Å²) in [6.45, 7) is 2.34. The van der Waals surface area contributed by atoms with Crippen molar-refractivity contribution in [3.05, 3.63) is 18.2 Å². The predicted molar refractivity (Wildman–Crippen MR) is 71.9 cm³/mol. The van der Waals surface area contributed by atoms with Crippen LogP contribution in [0.5, 0.6) is 0 Å². The molecular weight excluding hydrogens is 212 g/mol. The molecule has 4 nitrogen and oxygen atoms in total. The van der Waals surface area contributed by atoms with Crippen LogP contribution < -0.4 is 16.2 Å². The van der Waals surface area contributed by atoms with Crippen molar-refractivity contribution in [3.63, 3.8) is 0 Å². The molecule has 1 aromatic rings. The van der Waals surface area contributed by atoms with Gasteiger partial charge in [0, 0.05) is 13.1 Å².